The number of carbonyl (C=O) groups excluding carboxylic acids is 1. The summed E-state index contributed by atoms with van der Waals surface area (Å²) in [7, 11) is 2.22. The molecule has 0 radical (unpaired) electrons. The van der Waals surface area contributed by atoms with Gasteiger partial charge in [-0.25, -0.2) is 0 Å². The van der Waals surface area contributed by atoms with Crippen LogP contribution in [0.3, 0.4) is 0 Å². The van der Waals surface area contributed by atoms with E-state index in [2.05, 4.69) is 16.8 Å². The van der Waals surface area contributed by atoms with Crippen molar-refractivity contribution < 1.29 is 4.79 Å². The van der Waals surface area contributed by atoms with Crippen molar-refractivity contribution in [2.45, 2.75) is 75.4 Å². The molecule has 2 N–H and O–H groups in total. The van der Waals surface area contributed by atoms with E-state index in [1.165, 1.54) is 32.1 Å². The fourth-order valence-electron chi connectivity index (χ4n) is 4.38. The fourth-order valence-corrected chi connectivity index (χ4v) is 4.38. The number of nitrogens with zero attached hydrogens (tertiary/aromatic N) is 2. The molecule has 1 aliphatic carbocycles. The molecule has 114 valence electrons. The Bertz CT molecular complexity index is 365. The average molecular weight is 279 g/mol. The number of nitrogens with two attached hydrogens (primary N) is 1. The highest BCUT2D eigenvalue weighted by Crippen LogP contribution is 2.31. The van der Waals surface area contributed by atoms with Crippen molar-refractivity contribution in [2.24, 2.45) is 5.73 Å². The molecular weight excluding hydrogens is 250 g/mol. The highest BCUT2D eigenvalue weighted by Gasteiger charge is 2.38. The van der Waals surface area contributed by atoms with Gasteiger partial charge in [0.1, 0.15) is 0 Å². The second-order valence-electron chi connectivity index (χ2n) is 7.28. The van der Waals surface area contributed by atoms with Gasteiger partial charge in [0, 0.05) is 37.1 Å². The molecule has 2 heterocycles. The van der Waals surface area contributed by atoms with Gasteiger partial charge in [-0.2, -0.15) is 0 Å². The predicted octanol–water partition coefficient (Wildman–Crippen LogP) is 1.73. The van der Waals surface area contributed by atoms with Crippen molar-refractivity contribution >= 4 is 5.91 Å². The van der Waals surface area contributed by atoms with Gasteiger partial charge >= 0.3 is 0 Å². The summed E-state index contributed by atoms with van der Waals surface area (Å²) in [5.41, 5.74) is 6.24. The molecule has 2 saturated heterocycles. The minimum atomic E-state index is -0.216. The molecule has 1 amide bonds. The molecule has 4 nitrogen and oxygen atoms in total. The normalized spacial score (nSPS) is 34.0. The standard InChI is InChI=1S/C16H29N3O/c1-18-13-5-6-14(18)12-19(10-7-13)15(20)11-16(17)8-3-2-4-9-16/h13-14H,2-12,17H2,1H3. The predicted molar refractivity (Wildman–Crippen MR) is 80.4 cm³/mol. The van der Waals surface area contributed by atoms with Crippen molar-refractivity contribution in [1.82, 2.24) is 9.80 Å². The van der Waals surface area contributed by atoms with Crippen LogP contribution in [0.4, 0.5) is 0 Å². The first-order valence-corrected chi connectivity index (χ1v) is 8.36. The molecule has 20 heavy (non-hydrogen) atoms. The number of carbonyl (C=O) groups is 1. The van der Waals surface area contributed by atoms with Crippen molar-refractivity contribution in [3.8, 4) is 0 Å². The summed E-state index contributed by atoms with van der Waals surface area (Å²) in [6.45, 7) is 1.85. The molecule has 2 aliphatic heterocycles. The lowest BCUT2D eigenvalue weighted by Gasteiger charge is -2.35. The molecule has 0 aromatic rings. The van der Waals surface area contributed by atoms with Gasteiger partial charge in [0.25, 0.3) is 0 Å². The molecule has 0 spiro atoms. The second-order valence-corrected chi connectivity index (χ2v) is 7.28. The van der Waals surface area contributed by atoms with Crippen LogP contribution in [0, 0.1) is 0 Å². The smallest absolute Gasteiger partial charge is 0.224 e. The van der Waals surface area contributed by atoms with Gasteiger partial charge in [-0.15, -0.1) is 0 Å². The Labute approximate surface area is 122 Å². The van der Waals surface area contributed by atoms with E-state index in [0.717, 1.165) is 32.4 Å². The van der Waals surface area contributed by atoms with Gasteiger partial charge in [-0.05, 0) is 39.2 Å². The molecule has 0 aromatic heterocycles. The van der Waals surface area contributed by atoms with Gasteiger partial charge in [0.05, 0.1) is 0 Å². The average Bonchev–Trinajstić information content (AvgIpc) is 2.63. The number of hydrogen-bond acceptors (Lipinski definition) is 3. The van der Waals surface area contributed by atoms with E-state index in [1.807, 2.05) is 0 Å². The van der Waals surface area contributed by atoms with E-state index < -0.39 is 0 Å². The van der Waals surface area contributed by atoms with Gasteiger partial charge < -0.3 is 10.6 Å². The number of likely N-dealkylation sites (N-methyl/N-ethyl adjacent to an activating group) is 1. The van der Waals surface area contributed by atoms with Crippen molar-refractivity contribution in [3.63, 3.8) is 0 Å². The van der Waals surface area contributed by atoms with Crippen LogP contribution in [-0.2, 0) is 4.79 Å². The SMILES string of the molecule is CN1C2CCC1CN(C(=O)CC1(N)CCCCC1)CC2. The first kappa shape index (κ1) is 14.3. The minimum Gasteiger partial charge on any atom is -0.341 e. The maximum atomic E-state index is 12.6. The van der Waals surface area contributed by atoms with Crippen LogP contribution in [0.2, 0.25) is 0 Å². The molecule has 2 unspecified atom stereocenters. The van der Waals surface area contributed by atoms with E-state index in [1.54, 1.807) is 0 Å². The maximum Gasteiger partial charge on any atom is 0.224 e. The first-order chi connectivity index (χ1) is 9.57. The zero-order valence-corrected chi connectivity index (χ0v) is 12.8. The summed E-state index contributed by atoms with van der Waals surface area (Å²) in [4.78, 5) is 17.2. The summed E-state index contributed by atoms with van der Waals surface area (Å²) in [5, 5.41) is 0. The van der Waals surface area contributed by atoms with E-state index in [-0.39, 0.29) is 5.54 Å². The Morgan fingerprint density at radius 3 is 2.60 bits per heavy atom. The van der Waals surface area contributed by atoms with Crippen LogP contribution in [0.1, 0.15) is 57.8 Å². The maximum absolute atomic E-state index is 12.6. The third-order valence-corrected chi connectivity index (χ3v) is 5.85. The van der Waals surface area contributed by atoms with Crippen molar-refractivity contribution in [2.75, 3.05) is 20.1 Å². The molecule has 2 bridgehead atoms. The van der Waals surface area contributed by atoms with Gasteiger partial charge in [-0.1, -0.05) is 19.3 Å². The Morgan fingerprint density at radius 1 is 1.15 bits per heavy atom. The molecule has 3 rings (SSSR count). The van der Waals surface area contributed by atoms with E-state index >= 15 is 0 Å². The second kappa shape index (κ2) is 5.64. The van der Waals surface area contributed by atoms with Gasteiger partial charge in [-0.3, -0.25) is 9.69 Å². The van der Waals surface area contributed by atoms with E-state index in [0.29, 0.717) is 24.4 Å². The van der Waals surface area contributed by atoms with Gasteiger partial charge in [0.15, 0.2) is 0 Å². The Hall–Kier alpha value is -0.610. The highest BCUT2D eigenvalue weighted by molar-refractivity contribution is 5.77. The zero-order valence-electron chi connectivity index (χ0n) is 12.8. The van der Waals surface area contributed by atoms with Crippen LogP contribution < -0.4 is 5.73 Å². The molecule has 0 aromatic carbocycles. The van der Waals surface area contributed by atoms with Crippen molar-refractivity contribution in [1.29, 1.82) is 0 Å². The monoisotopic (exact) mass is 279 g/mol. The number of likely N-dealkylation sites (tertiary alicyclic amines) is 1. The molecule has 1 saturated carbocycles. The van der Waals surface area contributed by atoms with Crippen LogP contribution in [0.25, 0.3) is 0 Å². The Balaban J connectivity index is 1.60. The van der Waals surface area contributed by atoms with Crippen LogP contribution in [0.15, 0.2) is 0 Å². The minimum absolute atomic E-state index is 0.216. The lowest BCUT2D eigenvalue weighted by Crippen LogP contribution is -2.48. The Morgan fingerprint density at radius 2 is 1.85 bits per heavy atom. The highest BCUT2D eigenvalue weighted by atomic mass is 16.2. The molecular formula is C16H29N3O. The lowest BCUT2D eigenvalue weighted by atomic mass is 9.80. The fraction of sp³-hybridized carbons (Fsp3) is 0.938. The number of rotatable bonds is 2. The van der Waals surface area contributed by atoms with Crippen LogP contribution >= 0.6 is 0 Å². The topological polar surface area (TPSA) is 49.6 Å². The summed E-state index contributed by atoms with van der Waals surface area (Å²) in [5.74, 6) is 0.301. The zero-order chi connectivity index (χ0) is 14.2. The molecule has 3 fully saturated rings. The number of hydrogen-bond donors (Lipinski definition) is 1. The Kier molecular flexibility index (Phi) is 4.04. The third-order valence-electron chi connectivity index (χ3n) is 5.85. The van der Waals surface area contributed by atoms with Crippen LogP contribution in [-0.4, -0.2) is 53.5 Å². The van der Waals surface area contributed by atoms with Crippen LogP contribution in [0.5, 0.6) is 0 Å². The quantitative estimate of drug-likeness (QED) is 0.837. The molecule has 3 aliphatic rings. The molecule has 4 heteroatoms. The third kappa shape index (κ3) is 2.86. The van der Waals surface area contributed by atoms with E-state index in [4.69, 9.17) is 5.73 Å². The largest absolute Gasteiger partial charge is 0.341 e. The number of fused-ring (bicyclic) bond motifs is 2. The lowest BCUT2D eigenvalue weighted by molar-refractivity contribution is -0.133. The van der Waals surface area contributed by atoms with Crippen molar-refractivity contribution in [3.05, 3.63) is 0 Å². The summed E-state index contributed by atoms with van der Waals surface area (Å²) in [6, 6.07) is 1.27. The summed E-state index contributed by atoms with van der Waals surface area (Å²) in [6.07, 6.45) is 9.98. The molecule has 2 atom stereocenters. The number of amides is 1. The first-order valence-electron chi connectivity index (χ1n) is 8.36. The van der Waals surface area contributed by atoms with E-state index in [9.17, 15) is 4.79 Å². The summed E-state index contributed by atoms with van der Waals surface area (Å²) < 4.78 is 0. The summed E-state index contributed by atoms with van der Waals surface area (Å²) >= 11 is 0. The van der Waals surface area contributed by atoms with Gasteiger partial charge in [0.2, 0.25) is 5.91 Å².